The first-order valence-corrected chi connectivity index (χ1v) is 6.26. The minimum absolute atomic E-state index is 1.32. The molecule has 0 radical (unpaired) electrons. The molecule has 0 unspecified atom stereocenters. The molecule has 3 aromatic rings. The minimum Gasteiger partial charge on any atom is -0.144 e. The van der Waals surface area contributed by atoms with Gasteiger partial charge in [-0.05, 0) is 52.4 Å². The van der Waals surface area contributed by atoms with Gasteiger partial charge in [-0.25, -0.2) is 0 Å². The quantitative estimate of drug-likeness (QED) is 0.553. The summed E-state index contributed by atoms with van der Waals surface area (Å²) in [5, 5.41) is 4.80. The maximum atomic E-state index is 2.27. The van der Waals surface area contributed by atoms with Crippen molar-refractivity contribution in [3.05, 3.63) is 59.5 Å². The summed E-state index contributed by atoms with van der Waals surface area (Å²) < 4.78 is 0. The summed E-state index contributed by atoms with van der Waals surface area (Å²) in [5.41, 5.74) is 2.67. The smallest absolute Gasteiger partial charge is 0.0343 e. The maximum absolute atomic E-state index is 2.27. The monoisotopic (exact) mass is 224 g/mol. The summed E-state index contributed by atoms with van der Waals surface area (Å²) >= 11 is 1.79. The molecule has 0 amide bonds. The summed E-state index contributed by atoms with van der Waals surface area (Å²) in [6.07, 6.45) is 0. The highest BCUT2D eigenvalue weighted by atomic mass is 32.1. The zero-order valence-electron chi connectivity index (χ0n) is 9.10. The van der Waals surface area contributed by atoms with E-state index in [1.54, 1.807) is 11.3 Å². The van der Waals surface area contributed by atoms with Crippen molar-refractivity contribution in [2.75, 3.05) is 0 Å². The summed E-state index contributed by atoms with van der Waals surface area (Å²) in [6.45, 7) is 2.18. The molecule has 0 fully saturated rings. The largest absolute Gasteiger partial charge is 0.144 e. The van der Waals surface area contributed by atoms with Crippen molar-refractivity contribution in [1.82, 2.24) is 0 Å². The lowest BCUT2D eigenvalue weighted by molar-refractivity contribution is 1.53. The third-order valence-electron chi connectivity index (χ3n) is 2.87. The molecule has 0 aliphatic rings. The van der Waals surface area contributed by atoms with Gasteiger partial charge in [0.05, 0.1) is 0 Å². The van der Waals surface area contributed by atoms with Crippen molar-refractivity contribution in [2.24, 2.45) is 0 Å². The van der Waals surface area contributed by atoms with E-state index < -0.39 is 0 Å². The Morgan fingerprint density at radius 2 is 1.81 bits per heavy atom. The molecular weight excluding hydrogens is 212 g/mol. The maximum Gasteiger partial charge on any atom is 0.0343 e. The highest BCUT2D eigenvalue weighted by Crippen LogP contribution is 2.29. The van der Waals surface area contributed by atoms with Gasteiger partial charge in [0, 0.05) is 4.88 Å². The zero-order chi connectivity index (χ0) is 11.0. The number of rotatable bonds is 1. The lowest BCUT2D eigenvalue weighted by Crippen LogP contribution is -1.80. The van der Waals surface area contributed by atoms with Crippen LogP contribution in [0.1, 0.15) is 5.56 Å². The number of hydrogen-bond acceptors (Lipinski definition) is 1. The summed E-state index contributed by atoms with van der Waals surface area (Å²) in [5.74, 6) is 0. The van der Waals surface area contributed by atoms with E-state index in [9.17, 15) is 0 Å². The predicted octanol–water partition coefficient (Wildman–Crippen LogP) is 4.88. The average Bonchev–Trinajstić information content (AvgIpc) is 2.82. The Hall–Kier alpha value is -1.60. The normalized spacial score (nSPS) is 10.8. The Morgan fingerprint density at radius 3 is 2.62 bits per heavy atom. The third-order valence-corrected chi connectivity index (χ3v) is 3.79. The van der Waals surface area contributed by atoms with E-state index in [4.69, 9.17) is 0 Å². The Balaban J connectivity index is 2.29. The van der Waals surface area contributed by atoms with Crippen LogP contribution in [0.5, 0.6) is 0 Å². The second kappa shape index (κ2) is 3.76. The molecule has 0 atom stereocenters. The van der Waals surface area contributed by atoms with Crippen LogP contribution in [0.3, 0.4) is 0 Å². The fourth-order valence-corrected chi connectivity index (χ4v) is 2.80. The van der Waals surface area contributed by atoms with Gasteiger partial charge in [-0.15, -0.1) is 11.3 Å². The second-order valence-electron chi connectivity index (χ2n) is 3.99. The molecule has 16 heavy (non-hydrogen) atoms. The van der Waals surface area contributed by atoms with E-state index in [1.807, 2.05) is 0 Å². The molecule has 1 heterocycles. The fraction of sp³-hybridized carbons (Fsp3) is 0.0667. The molecule has 0 aliphatic carbocycles. The van der Waals surface area contributed by atoms with Gasteiger partial charge in [-0.2, -0.15) is 0 Å². The Morgan fingerprint density at radius 1 is 0.938 bits per heavy atom. The van der Waals surface area contributed by atoms with Crippen molar-refractivity contribution in [3.63, 3.8) is 0 Å². The van der Waals surface area contributed by atoms with Gasteiger partial charge in [-0.1, -0.05) is 30.3 Å². The first-order valence-electron chi connectivity index (χ1n) is 5.38. The average molecular weight is 224 g/mol. The van der Waals surface area contributed by atoms with Gasteiger partial charge >= 0.3 is 0 Å². The molecule has 0 saturated heterocycles. The van der Waals surface area contributed by atoms with Gasteiger partial charge in [-0.3, -0.25) is 0 Å². The van der Waals surface area contributed by atoms with Gasteiger partial charge < -0.3 is 0 Å². The van der Waals surface area contributed by atoms with Crippen LogP contribution in [0, 0.1) is 6.92 Å². The Labute approximate surface area is 99.2 Å². The van der Waals surface area contributed by atoms with Crippen molar-refractivity contribution in [1.29, 1.82) is 0 Å². The van der Waals surface area contributed by atoms with Crippen LogP contribution < -0.4 is 0 Å². The predicted molar refractivity (Wildman–Crippen MR) is 72.0 cm³/mol. The minimum atomic E-state index is 1.32. The van der Waals surface area contributed by atoms with E-state index in [0.717, 1.165) is 0 Å². The lowest BCUT2D eigenvalue weighted by Gasteiger charge is -2.05. The molecule has 0 bridgehead atoms. The van der Waals surface area contributed by atoms with Crippen molar-refractivity contribution >= 4 is 22.1 Å². The van der Waals surface area contributed by atoms with Crippen LogP contribution in [-0.2, 0) is 0 Å². The van der Waals surface area contributed by atoms with Crippen LogP contribution in [0.2, 0.25) is 0 Å². The summed E-state index contributed by atoms with van der Waals surface area (Å²) in [7, 11) is 0. The van der Waals surface area contributed by atoms with E-state index in [0.29, 0.717) is 0 Å². The molecule has 1 heteroatoms. The van der Waals surface area contributed by atoms with Crippen molar-refractivity contribution in [2.45, 2.75) is 6.92 Å². The van der Waals surface area contributed by atoms with Crippen LogP contribution in [-0.4, -0.2) is 0 Å². The van der Waals surface area contributed by atoms with Gasteiger partial charge in [0.1, 0.15) is 0 Å². The van der Waals surface area contributed by atoms with Crippen molar-refractivity contribution in [3.8, 4) is 10.4 Å². The molecule has 0 aliphatic heterocycles. The molecule has 0 spiro atoms. The Kier molecular flexibility index (Phi) is 2.26. The van der Waals surface area contributed by atoms with E-state index in [-0.39, 0.29) is 0 Å². The second-order valence-corrected chi connectivity index (χ2v) is 4.94. The highest BCUT2D eigenvalue weighted by Gasteiger charge is 2.02. The highest BCUT2D eigenvalue weighted by molar-refractivity contribution is 7.13. The molecule has 0 nitrogen and oxygen atoms in total. The molecule has 0 N–H and O–H groups in total. The summed E-state index contributed by atoms with van der Waals surface area (Å²) in [6, 6.07) is 17.4. The van der Waals surface area contributed by atoms with Crippen LogP contribution in [0.4, 0.5) is 0 Å². The molecule has 1 aromatic heterocycles. The zero-order valence-corrected chi connectivity index (χ0v) is 9.92. The number of thiophene rings is 1. The molecular formula is C15H12S. The number of hydrogen-bond donors (Lipinski definition) is 0. The van der Waals surface area contributed by atoms with Gasteiger partial charge in [0.25, 0.3) is 0 Å². The van der Waals surface area contributed by atoms with E-state index >= 15 is 0 Å². The standard InChI is InChI=1S/C15H12S/c1-11-9-13(15-7-4-8-16-15)10-12-5-2-3-6-14(11)12/h2-10H,1H3. The number of benzene rings is 2. The van der Waals surface area contributed by atoms with E-state index in [1.165, 1.54) is 26.8 Å². The van der Waals surface area contributed by atoms with E-state index in [2.05, 4.69) is 60.8 Å². The van der Waals surface area contributed by atoms with Crippen LogP contribution in [0.15, 0.2) is 53.9 Å². The van der Waals surface area contributed by atoms with Crippen molar-refractivity contribution < 1.29 is 0 Å². The fourth-order valence-electron chi connectivity index (χ4n) is 2.09. The Bertz CT molecular complexity index is 621. The number of aryl methyl sites for hydroxylation is 1. The van der Waals surface area contributed by atoms with Gasteiger partial charge in [0.15, 0.2) is 0 Å². The first-order chi connectivity index (χ1) is 7.84. The number of fused-ring (bicyclic) bond motifs is 1. The summed E-state index contributed by atoms with van der Waals surface area (Å²) in [4.78, 5) is 1.34. The van der Waals surface area contributed by atoms with Crippen LogP contribution in [0.25, 0.3) is 21.2 Å². The third kappa shape index (κ3) is 1.54. The SMILES string of the molecule is Cc1cc(-c2cccs2)cc2ccccc12. The van der Waals surface area contributed by atoms with Crippen LogP contribution >= 0.6 is 11.3 Å². The lowest BCUT2D eigenvalue weighted by atomic mass is 10.0. The molecule has 78 valence electrons. The van der Waals surface area contributed by atoms with Gasteiger partial charge in [0.2, 0.25) is 0 Å². The topological polar surface area (TPSA) is 0 Å². The molecule has 0 saturated carbocycles. The molecule has 3 rings (SSSR count). The molecule has 2 aromatic carbocycles. The first kappa shape index (κ1) is 9.61.